The van der Waals surface area contributed by atoms with Crippen molar-refractivity contribution >= 4 is 17.7 Å². The molecular weight excluding hydrogens is 943 g/mol. The maximum Gasteiger partial charge on any atom is 0.460 e. The molecule has 57 heavy (non-hydrogen) atoms. The largest absolute Gasteiger partial charge is 0.481 e. The van der Waals surface area contributed by atoms with E-state index in [0.717, 1.165) is 0 Å². The second kappa shape index (κ2) is 14.3. The molecule has 0 aliphatic heterocycles. The third kappa shape index (κ3) is 7.09. The number of thioether (sulfide) groups is 1. The third-order valence-corrected chi connectivity index (χ3v) is 7.95. The van der Waals surface area contributed by atoms with Crippen LogP contribution in [0.4, 0.5) is 145 Å². The Morgan fingerprint density at radius 3 is 0.702 bits per heavy atom. The zero-order chi connectivity index (χ0) is 47.1. The fourth-order valence-corrected chi connectivity index (χ4v) is 4.32. The first-order chi connectivity index (χ1) is 24.2. The number of hydrogen-bond donors (Lipinski definition) is 1. The van der Waals surface area contributed by atoms with Crippen molar-refractivity contribution in [3.05, 3.63) is 0 Å². The Morgan fingerprint density at radius 2 is 0.509 bits per heavy atom. The summed E-state index contributed by atoms with van der Waals surface area (Å²) in [6.45, 7) is 0. The summed E-state index contributed by atoms with van der Waals surface area (Å²) in [6.07, 6.45) is -12.5. The molecule has 2 nitrogen and oxygen atoms in total. The van der Waals surface area contributed by atoms with Gasteiger partial charge < -0.3 is 5.11 Å². The highest BCUT2D eigenvalue weighted by atomic mass is 32.2. The van der Waals surface area contributed by atoms with Crippen LogP contribution in [0.1, 0.15) is 12.8 Å². The molecule has 0 heterocycles. The average molecular weight is 952 g/mol. The molecular formula is C21H9F33O2S. The van der Waals surface area contributed by atoms with Gasteiger partial charge in [0.1, 0.15) is 0 Å². The lowest BCUT2D eigenvalue weighted by Gasteiger charge is -2.47. The molecule has 0 fully saturated rings. The van der Waals surface area contributed by atoms with E-state index in [2.05, 4.69) is 0 Å². The Kier molecular flexibility index (Phi) is 13.7. The van der Waals surface area contributed by atoms with E-state index in [0.29, 0.717) is 0 Å². The fourth-order valence-electron chi connectivity index (χ4n) is 3.39. The molecule has 0 radical (unpaired) electrons. The van der Waals surface area contributed by atoms with Crippen molar-refractivity contribution in [2.24, 2.45) is 0 Å². The SMILES string of the molecule is O=C(O)CCSCCC(F)(F)C(F)(F)C(F)(F)C(F)(F)C(F)(F)C(F)(F)C(F)(F)C(F)(F)C(F)(F)C(F)(F)C(F)(F)C(F)(F)C(F)(F)C(F)(F)C(F)(F)C(F)(F)F. The minimum Gasteiger partial charge on any atom is -0.481 e. The van der Waals surface area contributed by atoms with Crippen LogP contribution in [0.25, 0.3) is 0 Å². The van der Waals surface area contributed by atoms with E-state index in [-0.39, 0.29) is 11.8 Å². The van der Waals surface area contributed by atoms with Gasteiger partial charge in [0.15, 0.2) is 0 Å². The van der Waals surface area contributed by atoms with Gasteiger partial charge in [-0.15, -0.1) is 0 Å². The molecule has 0 aromatic carbocycles. The van der Waals surface area contributed by atoms with Crippen LogP contribution in [0.3, 0.4) is 0 Å². The lowest BCUT2D eigenvalue weighted by molar-refractivity contribution is -0.491. The van der Waals surface area contributed by atoms with Crippen molar-refractivity contribution in [3.8, 4) is 0 Å². The van der Waals surface area contributed by atoms with Crippen LogP contribution in [0.5, 0.6) is 0 Å². The van der Waals surface area contributed by atoms with Crippen LogP contribution >= 0.6 is 11.8 Å². The maximum absolute atomic E-state index is 14.0. The van der Waals surface area contributed by atoms with Gasteiger partial charge in [0, 0.05) is 12.2 Å². The molecule has 36 heteroatoms. The summed E-state index contributed by atoms with van der Waals surface area (Å²) in [4.78, 5) is 10.2. The van der Waals surface area contributed by atoms with Crippen molar-refractivity contribution in [3.63, 3.8) is 0 Å². The van der Waals surface area contributed by atoms with Crippen molar-refractivity contribution in [2.75, 3.05) is 11.5 Å². The molecule has 0 aromatic heterocycles. The minimum absolute atomic E-state index is 0.297. The lowest BCUT2D eigenvalue weighted by Crippen LogP contribution is -2.80. The minimum atomic E-state index is -10.2. The lowest BCUT2D eigenvalue weighted by atomic mass is 9.82. The second-order valence-electron chi connectivity index (χ2n) is 10.7. The third-order valence-electron chi connectivity index (χ3n) is 6.96. The monoisotopic (exact) mass is 952 g/mol. The fraction of sp³-hybridized carbons (Fsp3) is 0.952. The maximum atomic E-state index is 14.0. The van der Waals surface area contributed by atoms with E-state index >= 15 is 0 Å². The van der Waals surface area contributed by atoms with Gasteiger partial charge in [-0.25, -0.2) is 0 Å². The molecule has 0 aliphatic carbocycles. The highest BCUT2D eigenvalue weighted by Gasteiger charge is 3.01. The van der Waals surface area contributed by atoms with E-state index in [1.54, 1.807) is 0 Å². The summed E-state index contributed by atoms with van der Waals surface area (Å²) >= 11 is -0.297. The molecule has 0 amide bonds. The van der Waals surface area contributed by atoms with Crippen LogP contribution in [0, 0.1) is 0 Å². The Morgan fingerprint density at radius 1 is 0.316 bits per heavy atom. The van der Waals surface area contributed by atoms with E-state index in [9.17, 15) is 150 Å². The van der Waals surface area contributed by atoms with Gasteiger partial charge in [-0.05, 0) is 5.75 Å². The first-order valence-electron chi connectivity index (χ1n) is 12.7. The summed E-state index contributed by atoms with van der Waals surface area (Å²) in [5, 5.41) is 8.26. The van der Waals surface area contributed by atoms with Crippen molar-refractivity contribution in [1.82, 2.24) is 0 Å². The molecule has 0 atom stereocenters. The first-order valence-corrected chi connectivity index (χ1v) is 13.9. The molecule has 0 spiro atoms. The average Bonchev–Trinajstić information content (AvgIpc) is 2.98. The molecule has 0 saturated carbocycles. The molecule has 0 aliphatic rings. The molecule has 0 unspecified atom stereocenters. The first kappa shape index (κ1) is 54.5. The molecule has 0 aromatic rings. The zero-order valence-electron chi connectivity index (χ0n) is 25.1. The number of halogens is 33. The van der Waals surface area contributed by atoms with Gasteiger partial charge >= 0.3 is 101 Å². The van der Waals surface area contributed by atoms with Crippen molar-refractivity contribution in [2.45, 2.75) is 108 Å². The number of alkyl halides is 33. The van der Waals surface area contributed by atoms with Gasteiger partial charge in [-0.1, -0.05) is 0 Å². The highest BCUT2D eigenvalue weighted by Crippen LogP contribution is 2.70. The number of carboxylic acids is 1. The van der Waals surface area contributed by atoms with E-state index in [1.165, 1.54) is 0 Å². The van der Waals surface area contributed by atoms with Crippen molar-refractivity contribution < 1.29 is 155 Å². The number of hydrogen-bond acceptors (Lipinski definition) is 2. The number of rotatable bonds is 20. The van der Waals surface area contributed by atoms with E-state index in [4.69, 9.17) is 5.11 Å². The quantitative estimate of drug-likeness (QED) is 0.0976. The molecule has 0 bridgehead atoms. The Hall–Kier alpha value is -2.49. The van der Waals surface area contributed by atoms with Crippen molar-refractivity contribution in [1.29, 1.82) is 0 Å². The molecule has 1 N–H and O–H groups in total. The Balaban J connectivity index is 7.48. The summed E-state index contributed by atoms with van der Waals surface area (Å²) in [7, 11) is 0. The standard InChI is InChI=1S/C21H9F33O2S/c22-6(23,2-4-57-3-1-5(55)56)7(24,25)8(26,27)9(28,29)10(30,31)11(32,33)12(34,35)13(36,37)14(38,39)15(40,41)16(42,43)17(44,45)18(46,47)19(48,49)20(50,51)21(52,53)54/h1-4H2,(H,55,56). The van der Waals surface area contributed by atoms with Crippen LogP contribution in [0.2, 0.25) is 0 Å². The predicted molar refractivity (Wildman–Crippen MR) is 114 cm³/mol. The van der Waals surface area contributed by atoms with Gasteiger partial charge in [0.2, 0.25) is 0 Å². The number of aliphatic carboxylic acids is 1. The highest BCUT2D eigenvalue weighted by molar-refractivity contribution is 7.99. The smallest absolute Gasteiger partial charge is 0.460 e. The zero-order valence-corrected chi connectivity index (χ0v) is 25.9. The molecule has 0 rings (SSSR count). The van der Waals surface area contributed by atoms with Crippen LogP contribution < -0.4 is 0 Å². The van der Waals surface area contributed by atoms with Crippen LogP contribution in [-0.4, -0.2) is 118 Å². The van der Waals surface area contributed by atoms with Gasteiger partial charge in [-0.3, -0.25) is 4.79 Å². The summed E-state index contributed by atoms with van der Waals surface area (Å²) in [5.74, 6) is -147. The molecule has 0 saturated heterocycles. The second-order valence-corrected chi connectivity index (χ2v) is 12.0. The van der Waals surface area contributed by atoms with Gasteiger partial charge in [0.05, 0.1) is 6.42 Å². The van der Waals surface area contributed by atoms with Crippen LogP contribution in [-0.2, 0) is 4.79 Å². The predicted octanol–water partition coefficient (Wildman–Crippen LogP) is 11.7. The van der Waals surface area contributed by atoms with Crippen LogP contribution in [0.15, 0.2) is 0 Å². The summed E-state index contributed by atoms with van der Waals surface area (Å²) in [5.41, 5.74) is 0. The number of carbonyl (C=O) groups is 1. The van der Waals surface area contributed by atoms with E-state index < -0.39 is 125 Å². The Labute approximate surface area is 293 Å². The summed E-state index contributed by atoms with van der Waals surface area (Å²) in [6, 6.07) is 0. The normalized spacial score (nSPS) is 16.6. The topological polar surface area (TPSA) is 37.3 Å². The number of carboxylic acid groups (broad SMARTS) is 1. The Bertz CT molecular complexity index is 1440. The van der Waals surface area contributed by atoms with Gasteiger partial charge in [-0.2, -0.15) is 157 Å². The molecule has 342 valence electrons. The summed E-state index contributed by atoms with van der Waals surface area (Å²) < 4.78 is 448. The van der Waals surface area contributed by atoms with Gasteiger partial charge in [0.25, 0.3) is 0 Å². The van der Waals surface area contributed by atoms with E-state index in [1.807, 2.05) is 0 Å².